The lowest BCUT2D eigenvalue weighted by Gasteiger charge is -2.35. The molecule has 0 bridgehead atoms. The van der Waals surface area contributed by atoms with Crippen LogP contribution in [0.3, 0.4) is 0 Å². The lowest BCUT2D eigenvalue weighted by molar-refractivity contribution is -0.0118. The second kappa shape index (κ2) is 9.33. The van der Waals surface area contributed by atoms with Gasteiger partial charge in [0.15, 0.2) is 0 Å². The van der Waals surface area contributed by atoms with E-state index in [1.807, 2.05) is 36.4 Å². The van der Waals surface area contributed by atoms with Gasteiger partial charge in [-0.15, -0.1) is 0 Å². The van der Waals surface area contributed by atoms with Gasteiger partial charge in [-0.05, 0) is 68.1 Å². The Morgan fingerprint density at radius 3 is 2.36 bits per heavy atom. The minimum atomic E-state index is -0.445. The summed E-state index contributed by atoms with van der Waals surface area (Å²) in [5, 5.41) is 3.29. The van der Waals surface area contributed by atoms with Crippen LogP contribution < -0.4 is 11.1 Å². The van der Waals surface area contributed by atoms with E-state index < -0.39 is 12.7 Å². The summed E-state index contributed by atoms with van der Waals surface area (Å²) >= 11 is 3.45. The van der Waals surface area contributed by atoms with E-state index >= 15 is 0 Å². The minimum absolute atomic E-state index is 0.363. The lowest BCUT2D eigenvalue weighted by atomic mass is 9.73. The van der Waals surface area contributed by atoms with Crippen LogP contribution in [-0.4, -0.2) is 23.3 Å². The number of aromatic nitrogens is 1. The SMILES string of the molecule is CCC1(C)OB(/C(=C/c2ccc(Nc3cc(Br)cc(N)n3)cc2)c2ccccc2)OC1(C)C. The highest BCUT2D eigenvalue weighted by Gasteiger charge is 2.54. The quantitative estimate of drug-likeness (QED) is 0.287. The van der Waals surface area contributed by atoms with Crippen LogP contribution in [0.4, 0.5) is 17.3 Å². The van der Waals surface area contributed by atoms with Crippen molar-refractivity contribution >= 4 is 51.9 Å². The van der Waals surface area contributed by atoms with Crippen molar-refractivity contribution in [2.45, 2.75) is 45.3 Å². The third kappa shape index (κ3) is 5.16. The number of benzene rings is 2. The first-order chi connectivity index (χ1) is 15.7. The van der Waals surface area contributed by atoms with E-state index in [2.05, 4.69) is 84.3 Å². The maximum Gasteiger partial charge on any atom is 0.495 e. The average Bonchev–Trinajstić information content (AvgIpc) is 3.02. The standard InChI is InChI=1S/C26H29BBrN3O2/c1-5-26(4)25(2,3)32-27(33-26)22(19-9-7-6-8-10-19)15-18-11-13-21(14-12-18)30-24-17-20(28)16-23(29)31-24/h6-17H,5H2,1-4H3,(H3,29,30,31)/b22-15+. The first kappa shape index (κ1) is 23.5. The maximum atomic E-state index is 6.50. The first-order valence-electron chi connectivity index (χ1n) is 11.1. The monoisotopic (exact) mass is 505 g/mol. The zero-order valence-electron chi connectivity index (χ0n) is 19.4. The van der Waals surface area contributed by atoms with Crippen molar-refractivity contribution in [1.29, 1.82) is 0 Å². The van der Waals surface area contributed by atoms with Gasteiger partial charge in [0.1, 0.15) is 11.6 Å². The van der Waals surface area contributed by atoms with Crippen LogP contribution >= 0.6 is 15.9 Å². The Kier molecular flexibility index (Phi) is 6.66. The van der Waals surface area contributed by atoms with Gasteiger partial charge in [-0.1, -0.05) is 71.4 Å². The van der Waals surface area contributed by atoms with Gasteiger partial charge in [0.2, 0.25) is 0 Å². The van der Waals surface area contributed by atoms with E-state index in [9.17, 15) is 0 Å². The molecule has 1 aliphatic heterocycles. The van der Waals surface area contributed by atoms with Crippen molar-refractivity contribution < 1.29 is 9.31 Å². The number of hydrogen-bond donors (Lipinski definition) is 2. The maximum absolute atomic E-state index is 6.50. The second-order valence-electron chi connectivity index (χ2n) is 8.97. The van der Waals surface area contributed by atoms with Gasteiger partial charge in [-0.3, -0.25) is 0 Å². The summed E-state index contributed by atoms with van der Waals surface area (Å²) < 4.78 is 13.8. The molecule has 3 N–H and O–H groups in total. The minimum Gasteiger partial charge on any atom is -0.399 e. The molecule has 1 unspecified atom stereocenters. The summed E-state index contributed by atoms with van der Waals surface area (Å²) in [7, 11) is -0.445. The molecule has 1 aliphatic rings. The molecule has 3 aromatic rings. The van der Waals surface area contributed by atoms with Crippen LogP contribution in [0.15, 0.2) is 71.2 Å². The van der Waals surface area contributed by atoms with Crippen molar-refractivity contribution in [2.24, 2.45) is 0 Å². The molecule has 0 spiro atoms. The average molecular weight is 506 g/mol. The van der Waals surface area contributed by atoms with E-state index in [1.54, 1.807) is 6.07 Å². The van der Waals surface area contributed by atoms with Gasteiger partial charge in [-0.25, -0.2) is 4.98 Å². The van der Waals surface area contributed by atoms with Gasteiger partial charge >= 0.3 is 7.12 Å². The van der Waals surface area contributed by atoms with Crippen molar-refractivity contribution in [3.63, 3.8) is 0 Å². The molecule has 1 atom stereocenters. The number of hydrogen-bond acceptors (Lipinski definition) is 5. The van der Waals surface area contributed by atoms with Gasteiger partial charge in [-0.2, -0.15) is 0 Å². The third-order valence-corrected chi connectivity index (χ3v) is 6.85. The Morgan fingerprint density at radius 2 is 1.76 bits per heavy atom. The van der Waals surface area contributed by atoms with Crippen molar-refractivity contribution in [3.8, 4) is 0 Å². The molecule has 5 nitrogen and oxygen atoms in total. The van der Waals surface area contributed by atoms with Gasteiger partial charge in [0, 0.05) is 10.2 Å². The van der Waals surface area contributed by atoms with Crippen LogP contribution in [0.25, 0.3) is 11.5 Å². The summed E-state index contributed by atoms with van der Waals surface area (Å²) in [6.07, 6.45) is 3.00. The fraction of sp³-hybridized carbons (Fsp3) is 0.269. The summed E-state index contributed by atoms with van der Waals surface area (Å²) in [5.74, 6) is 1.14. The number of nitrogens with zero attached hydrogens (tertiary/aromatic N) is 1. The normalized spacial score (nSPS) is 20.2. The Morgan fingerprint density at radius 1 is 1.06 bits per heavy atom. The Hall–Kier alpha value is -2.61. The van der Waals surface area contributed by atoms with Crippen LogP contribution in [0, 0.1) is 0 Å². The molecule has 2 aromatic carbocycles. The summed E-state index contributed by atoms with van der Waals surface area (Å²) in [6, 6.07) is 22.1. The predicted molar refractivity (Wildman–Crippen MR) is 141 cm³/mol. The molecular weight excluding hydrogens is 477 g/mol. The number of rotatable bonds is 6. The Balaban J connectivity index is 1.63. The molecule has 4 rings (SSSR count). The van der Waals surface area contributed by atoms with Gasteiger partial charge < -0.3 is 20.4 Å². The molecule has 1 saturated heterocycles. The Bertz CT molecular complexity index is 1130. The zero-order valence-corrected chi connectivity index (χ0v) is 21.0. The van der Waals surface area contributed by atoms with Crippen molar-refractivity contribution in [1.82, 2.24) is 4.98 Å². The highest BCUT2D eigenvalue weighted by Crippen LogP contribution is 2.43. The van der Waals surface area contributed by atoms with Crippen molar-refractivity contribution in [2.75, 3.05) is 11.1 Å². The van der Waals surface area contributed by atoms with E-state index in [0.29, 0.717) is 11.6 Å². The number of nitrogens with two attached hydrogens (primary N) is 1. The molecule has 0 saturated carbocycles. The lowest BCUT2D eigenvalue weighted by Crippen LogP contribution is -2.44. The Labute approximate surface area is 204 Å². The van der Waals surface area contributed by atoms with E-state index in [-0.39, 0.29) is 5.60 Å². The summed E-state index contributed by atoms with van der Waals surface area (Å²) in [5.41, 5.74) is 9.14. The summed E-state index contributed by atoms with van der Waals surface area (Å²) in [6.45, 7) is 8.46. The number of halogens is 1. The van der Waals surface area contributed by atoms with Crippen LogP contribution in [0.1, 0.15) is 45.2 Å². The highest BCUT2D eigenvalue weighted by molar-refractivity contribution is 9.10. The number of anilines is 3. The molecule has 0 radical (unpaired) electrons. The number of pyridine rings is 1. The van der Waals surface area contributed by atoms with Crippen molar-refractivity contribution in [3.05, 3.63) is 82.3 Å². The molecule has 2 heterocycles. The van der Waals surface area contributed by atoms with E-state index in [0.717, 1.165) is 33.2 Å². The van der Waals surface area contributed by atoms with Crippen LogP contribution in [0.2, 0.25) is 0 Å². The zero-order chi connectivity index (χ0) is 23.6. The fourth-order valence-corrected chi connectivity index (χ4v) is 4.37. The molecule has 1 fully saturated rings. The number of nitrogens with one attached hydrogen (secondary N) is 1. The molecular formula is C26H29BBrN3O2. The smallest absolute Gasteiger partial charge is 0.399 e. The highest BCUT2D eigenvalue weighted by atomic mass is 79.9. The molecule has 170 valence electrons. The molecule has 0 amide bonds. The predicted octanol–water partition coefficient (Wildman–Crippen LogP) is 6.73. The van der Waals surface area contributed by atoms with Crippen LogP contribution in [0.5, 0.6) is 0 Å². The molecule has 1 aromatic heterocycles. The first-order valence-corrected chi connectivity index (χ1v) is 11.9. The largest absolute Gasteiger partial charge is 0.495 e. The topological polar surface area (TPSA) is 69.4 Å². The van der Waals surface area contributed by atoms with E-state index in [4.69, 9.17) is 15.0 Å². The molecule has 7 heteroatoms. The molecule has 0 aliphatic carbocycles. The van der Waals surface area contributed by atoms with Gasteiger partial charge in [0.05, 0.1) is 11.2 Å². The van der Waals surface area contributed by atoms with E-state index in [1.165, 1.54) is 0 Å². The fourth-order valence-electron chi connectivity index (χ4n) is 3.92. The van der Waals surface area contributed by atoms with Gasteiger partial charge in [0.25, 0.3) is 0 Å². The molecule has 33 heavy (non-hydrogen) atoms. The second-order valence-corrected chi connectivity index (χ2v) is 9.89. The third-order valence-electron chi connectivity index (χ3n) is 6.39. The number of nitrogen functional groups attached to an aromatic ring is 1. The summed E-state index contributed by atoms with van der Waals surface area (Å²) in [4.78, 5) is 4.32. The van der Waals surface area contributed by atoms with Crippen LogP contribution in [-0.2, 0) is 9.31 Å².